The molecule has 7 aromatic rings. The summed E-state index contributed by atoms with van der Waals surface area (Å²) in [6, 6.07) is 34.2. The molecule has 0 atom stereocenters. The largest absolute Gasteiger partial charge is 0.497 e. The summed E-state index contributed by atoms with van der Waals surface area (Å²) in [5, 5.41) is 7.55. The van der Waals surface area contributed by atoms with Gasteiger partial charge in [0.1, 0.15) is 23.1 Å². The molecule has 0 N–H and O–H groups in total. The van der Waals surface area contributed by atoms with Crippen molar-refractivity contribution in [1.82, 2.24) is 19.3 Å². The first-order valence-corrected chi connectivity index (χ1v) is 19.6. The Morgan fingerprint density at radius 3 is 2.02 bits per heavy atom. The molecular formula is C47H48N4O2. The van der Waals surface area contributed by atoms with E-state index in [1.807, 2.05) is 18.2 Å². The van der Waals surface area contributed by atoms with Crippen molar-refractivity contribution in [3.05, 3.63) is 126 Å². The van der Waals surface area contributed by atoms with Gasteiger partial charge in [-0.25, -0.2) is 9.67 Å². The first-order chi connectivity index (χ1) is 26.1. The number of rotatable bonds is 8. The molecule has 9 rings (SSSR count). The molecular weight excluding hydrogens is 653 g/mol. The molecule has 0 saturated heterocycles. The van der Waals surface area contributed by atoms with Crippen molar-refractivity contribution >= 4 is 21.8 Å². The molecule has 2 aliphatic rings. The van der Waals surface area contributed by atoms with Crippen LogP contribution in [0.15, 0.2) is 103 Å². The van der Waals surface area contributed by atoms with Crippen molar-refractivity contribution in [2.24, 2.45) is 0 Å². The molecule has 2 saturated carbocycles. The molecule has 2 fully saturated rings. The SMILES string of the molecule is COc1ccnc(-n2c3ccccc3c3ccc(Oc4cccc(-n5nc(C)c(-c6c(C7CCCCC7)cccc6C6CCCCC6)c5C)c4)cc32)c1. The van der Waals surface area contributed by atoms with E-state index in [-0.39, 0.29) is 0 Å². The Balaban J connectivity index is 1.09. The van der Waals surface area contributed by atoms with E-state index in [0.717, 1.165) is 56.3 Å². The normalized spacial score (nSPS) is 15.7. The van der Waals surface area contributed by atoms with Gasteiger partial charge >= 0.3 is 0 Å². The fourth-order valence-electron chi connectivity index (χ4n) is 9.37. The molecule has 268 valence electrons. The number of aryl methyl sites for hydroxylation is 1. The Bertz CT molecular complexity index is 2390. The summed E-state index contributed by atoms with van der Waals surface area (Å²) in [5.41, 5.74) is 11.3. The molecule has 3 aromatic heterocycles. The van der Waals surface area contributed by atoms with E-state index in [0.29, 0.717) is 11.8 Å². The summed E-state index contributed by atoms with van der Waals surface area (Å²) in [6.45, 7) is 4.46. The highest BCUT2D eigenvalue weighted by Crippen LogP contribution is 2.46. The first kappa shape index (κ1) is 33.5. The van der Waals surface area contributed by atoms with Crippen LogP contribution in [0.1, 0.15) is 98.6 Å². The van der Waals surface area contributed by atoms with Gasteiger partial charge in [-0.2, -0.15) is 5.10 Å². The molecule has 6 nitrogen and oxygen atoms in total. The van der Waals surface area contributed by atoms with Gasteiger partial charge in [-0.3, -0.25) is 4.57 Å². The zero-order valence-electron chi connectivity index (χ0n) is 31.1. The third kappa shape index (κ3) is 6.18. The van der Waals surface area contributed by atoms with Crippen molar-refractivity contribution in [2.75, 3.05) is 7.11 Å². The standard InChI is InChI=1S/C47H48N4O2/c1-31-46(47-39(33-14-6-4-7-15-33)21-13-22-40(47)34-16-8-5-9-17-34)32(2)51(49-31)35-18-12-19-37(28-35)53-38-24-25-42-41-20-10-11-23-43(41)50(44(42)29-38)45-30-36(52-3)26-27-48-45/h10-13,18-30,33-34H,4-9,14-17H2,1-3H3. The maximum absolute atomic E-state index is 6.64. The molecule has 53 heavy (non-hydrogen) atoms. The lowest BCUT2D eigenvalue weighted by atomic mass is 9.75. The number of methoxy groups -OCH3 is 1. The summed E-state index contributed by atoms with van der Waals surface area (Å²) in [7, 11) is 1.68. The van der Waals surface area contributed by atoms with Crippen molar-refractivity contribution < 1.29 is 9.47 Å². The van der Waals surface area contributed by atoms with Crippen molar-refractivity contribution in [2.45, 2.75) is 89.9 Å². The summed E-state index contributed by atoms with van der Waals surface area (Å²) < 4.78 is 16.5. The van der Waals surface area contributed by atoms with Crippen LogP contribution in [-0.2, 0) is 0 Å². The number of para-hydroxylation sites is 1. The van der Waals surface area contributed by atoms with Crippen LogP contribution in [0.3, 0.4) is 0 Å². The lowest BCUT2D eigenvalue weighted by Crippen LogP contribution is -2.11. The van der Waals surface area contributed by atoms with Crippen molar-refractivity contribution in [3.8, 4) is 39.9 Å². The Morgan fingerprint density at radius 1 is 0.604 bits per heavy atom. The molecule has 0 radical (unpaired) electrons. The molecule has 4 aromatic carbocycles. The van der Waals surface area contributed by atoms with Gasteiger partial charge in [-0.15, -0.1) is 0 Å². The summed E-state index contributed by atoms with van der Waals surface area (Å²) in [4.78, 5) is 4.72. The summed E-state index contributed by atoms with van der Waals surface area (Å²) in [5.74, 6) is 4.33. The molecule has 6 heteroatoms. The average molecular weight is 701 g/mol. The van der Waals surface area contributed by atoms with Crippen LogP contribution in [0, 0.1) is 13.8 Å². The number of ether oxygens (including phenoxy) is 2. The molecule has 0 amide bonds. The minimum Gasteiger partial charge on any atom is -0.497 e. The van der Waals surface area contributed by atoms with Crippen LogP contribution in [0.2, 0.25) is 0 Å². The maximum Gasteiger partial charge on any atom is 0.141 e. The van der Waals surface area contributed by atoms with Gasteiger partial charge < -0.3 is 9.47 Å². The summed E-state index contributed by atoms with van der Waals surface area (Å²) >= 11 is 0. The Hall–Kier alpha value is -5.36. The minimum atomic E-state index is 0.622. The molecule has 3 heterocycles. The minimum absolute atomic E-state index is 0.622. The van der Waals surface area contributed by atoms with Crippen LogP contribution < -0.4 is 9.47 Å². The monoisotopic (exact) mass is 700 g/mol. The van der Waals surface area contributed by atoms with Gasteiger partial charge in [0.25, 0.3) is 0 Å². The number of nitrogens with zero attached hydrogens (tertiary/aromatic N) is 4. The zero-order chi connectivity index (χ0) is 35.9. The number of fused-ring (bicyclic) bond motifs is 3. The molecule has 0 unspecified atom stereocenters. The summed E-state index contributed by atoms with van der Waals surface area (Å²) in [6.07, 6.45) is 15.0. The van der Waals surface area contributed by atoms with E-state index < -0.39 is 0 Å². The van der Waals surface area contributed by atoms with E-state index >= 15 is 0 Å². The highest BCUT2D eigenvalue weighted by atomic mass is 16.5. The highest BCUT2D eigenvalue weighted by Gasteiger charge is 2.28. The number of hydrogen-bond donors (Lipinski definition) is 0. The number of hydrogen-bond acceptors (Lipinski definition) is 4. The predicted octanol–water partition coefficient (Wildman–Crippen LogP) is 12.5. The van der Waals surface area contributed by atoms with Crippen LogP contribution in [0.5, 0.6) is 17.2 Å². The van der Waals surface area contributed by atoms with E-state index in [9.17, 15) is 0 Å². The average Bonchev–Trinajstić information content (AvgIpc) is 3.70. The van der Waals surface area contributed by atoms with Gasteiger partial charge in [0, 0.05) is 46.4 Å². The van der Waals surface area contributed by atoms with Gasteiger partial charge in [-0.05, 0) is 104 Å². The van der Waals surface area contributed by atoms with E-state index in [4.69, 9.17) is 19.6 Å². The van der Waals surface area contributed by atoms with Crippen molar-refractivity contribution in [3.63, 3.8) is 0 Å². The lowest BCUT2D eigenvalue weighted by molar-refractivity contribution is 0.414. The second-order valence-electron chi connectivity index (χ2n) is 15.1. The quantitative estimate of drug-likeness (QED) is 0.158. The highest BCUT2D eigenvalue weighted by molar-refractivity contribution is 6.09. The second kappa shape index (κ2) is 14.2. The van der Waals surface area contributed by atoms with E-state index in [2.05, 4.69) is 102 Å². The molecule has 0 aliphatic heterocycles. The van der Waals surface area contributed by atoms with Crippen LogP contribution in [0.4, 0.5) is 0 Å². The third-order valence-electron chi connectivity index (χ3n) is 11.9. The Labute approximate surface area is 312 Å². The van der Waals surface area contributed by atoms with Crippen LogP contribution in [0.25, 0.3) is 44.4 Å². The van der Waals surface area contributed by atoms with Crippen LogP contribution in [-0.4, -0.2) is 26.4 Å². The van der Waals surface area contributed by atoms with Gasteiger partial charge in [0.2, 0.25) is 0 Å². The Morgan fingerprint density at radius 2 is 1.28 bits per heavy atom. The number of pyridine rings is 1. The third-order valence-corrected chi connectivity index (χ3v) is 11.9. The molecule has 0 bridgehead atoms. The van der Waals surface area contributed by atoms with Gasteiger partial charge in [0.05, 0.1) is 29.5 Å². The fourth-order valence-corrected chi connectivity index (χ4v) is 9.37. The van der Waals surface area contributed by atoms with Gasteiger partial charge in [-0.1, -0.05) is 81.0 Å². The van der Waals surface area contributed by atoms with Gasteiger partial charge in [0.15, 0.2) is 0 Å². The predicted molar refractivity (Wildman–Crippen MR) is 215 cm³/mol. The first-order valence-electron chi connectivity index (χ1n) is 19.6. The maximum atomic E-state index is 6.64. The molecule has 2 aliphatic carbocycles. The van der Waals surface area contributed by atoms with Crippen molar-refractivity contribution in [1.29, 1.82) is 0 Å². The lowest BCUT2D eigenvalue weighted by Gasteiger charge is -2.30. The van der Waals surface area contributed by atoms with E-state index in [1.165, 1.54) is 81.0 Å². The second-order valence-corrected chi connectivity index (χ2v) is 15.1. The van der Waals surface area contributed by atoms with E-state index in [1.54, 1.807) is 24.4 Å². The fraction of sp³-hybridized carbons (Fsp3) is 0.319. The topological polar surface area (TPSA) is 54.1 Å². The zero-order valence-corrected chi connectivity index (χ0v) is 31.1. The number of aromatic nitrogens is 4. The number of benzene rings is 4. The smallest absolute Gasteiger partial charge is 0.141 e. The molecule has 0 spiro atoms. The Kier molecular flexibility index (Phi) is 8.98. The van der Waals surface area contributed by atoms with Crippen LogP contribution >= 0.6 is 0 Å².